The highest BCUT2D eigenvalue weighted by Gasteiger charge is 2.36. The molecule has 4 aromatic rings. The number of aromatic nitrogens is 2. The van der Waals surface area contributed by atoms with Crippen LogP contribution in [-0.4, -0.2) is 54.8 Å². The molecule has 0 N–H and O–H groups in total. The molecule has 2 atom stereocenters. The summed E-state index contributed by atoms with van der Waals surface area (Å²) in [6.07, 6.45) is 1.14. The van der Waals surface area contributed by atoms with Crippen molar-refractivity contribution in [1.29, 1.82) is 0 Å². The van der Waals surface area contributed by atoms with E-state index in [9.17, 15) is 9.59 Å². The minimum absolute atomic E-state index is 0.0351. The Balaban J connectivity index is 1.51. The fraction of sp³-hybridized carbons (Fsp3) is 0.364. The summed E-state index contributed by atoms with van der Waals surface area (Å²) in [6.45, 7) is 7.18. The van der Waals surface area contributed by atoms with Crippen LogP contribution in [0.5, 0.6) is 5.75 Å². The second-order valence-corrected chi connectivity index (χ2v) is 10.7. The minimum atomic E-state index is -0.171. The van der Waals surface area contributed by atoms with Crippen LogP contribution in [0.4, 0.5) is 11.4 Å². The number of imidazole rings is 1. The lowest BCUT2D eigenvalue weighted by Gasteiger charge is -2.32. The van der Waals surface area contributed by atoms with E-state index in [4.69, 9.17) is 14.5 Å². The van der Waals surface area contributed by atoms with Crippen molar-refractivity contribution in [3.8, 4) is 5.75 Å². The molecule has 3 aromatic carbocycles. The maximum Gasteiger partial charge on any atom is 0.247 e. The summed E-state index contributed by atoms with van der Waals surface area (Å²) in [6, 6.07) is 21.4. The highest BCUT2D eigenvalue weighted by Crippen LogP contribution is 2.35. The number of aryl methyl sites for hydroxylation is 2. The molecule has 5 rings (SSSR count). The number of anilines is 2. The summed E-state index contributed by atoms with van der Waals surface area (Å²) in [5.41, 5.74) is 5.63. The van der Waals surface area contributed by atoms with Gasteiger partial charge in [-0.3, -0.25) is 9.59 Å². The number of amides is 2. The minimum Gasteiger partial charge on any atom is -0.497 e. The first-order chi connectivity index (χ1) is 19.9. The van der Waals surface area contributed by atoms with Gasteiger partial charge in [0, 0.05) is 31.7 Å². The molecule has 41 heavy (non-hydrogen) atoms. The van der Waals surface area contributed by atoms with Crippen LogP contribution in [0.1, 0.15) is 43.1 Å². The van der Waals surface area contributed by atoms with Crippen LogP contribution in [0.15, 0.2) is 66.7 Å². The number of hydrogen-bond donors (Lipinski definition) is 0. The number of fused-ring (bicyclic) bond motifs is 1. The van der Waals surface area contributed by atoms with Crippen molar-refractivity contribution in [2.45, 2.75) is 52.1 Å². The number of nitrogens with zero attached hydrogens (tertiary/aromatic N) is 4. The lowest BCUT2D eigenvalue weighted by atomic mass is 10.0. The van der Waals surface area contributed by atoms with Crippen LogP contribution in [0.2, 0.25) is 0 Å². The predicted octanol–water partition coefficient (Wildman–Crippen LogP) is 5.50. The third-order valence-electron chi connectivity index (χ3n) is 7.91. The van der Waals surface area contributed by atoms with Gasteiger partial charge in [-0.2, -0.15) is 0 Å². The maximum atomic E-state index is 14.3. The summed E-state index contributed by atoms with van der Waals surface area (Å²) in [5, 5.41) is 0. The lowest BCUT2D eigenvalue weighted by molar-refractivity contribution is -0.120. The molecule has 0 unspecified atom stereocenters. The van der Waals surface area contributed by atoms with Crippen LogP contribution in [0.3, 0.4) is 0 Å². The smallest absolute Gasteiger partial charge is 0.247 e. The van der Waals surface area contributed by atoms with E-state index >= 15 is 0 Å². The molecule has 0 aliphatic carbocycles. The summed E-state index contributed by atoms with van der Waals surface area (Å²) in [7, 11) is 3.28. The molecule has 8 heteroatoms. The highest BCUT2D eigenvalue weighted by atomic mass is 16.5. The monoisotopic (exact) mass is 554 g/mol. The number of rotatable bonds is 10. The first-order valence-electron chi connectivity index (χ1n) is 14.1. The van der Waals surface area contributed by atoms with Gasteiger partial charge in [0.15, 0.2) is 0 Å². The second-order valence-electron chi connectivity index (χ2n) is 10.7. The van der Waals surface area contributed by atoms with Gasteiger partial charge < -0.3 is 23.8 Å². The van der Waals surface area contributed by atoms with Crippen molar-refractivity contribution in [1.82, 2.24) is 9.55 Å². The molecule has 8 nitrogen and oxygen atoms in total. The molecule has 1 aliphatic rings. The zero-order chi connectivity index (χ0) is 29.1. The van der Waals surface area contributed by atoms with Gasteiger partial charge in [0.25, 0.3) is 0 Å². The molecule has 0 spiro atoms. The number of carbonyl (C=O) groups excluding carboxylic acids is 2. The van der Waals surface area contributed by atoms with Gasteiger partial charge in [-0.15, -0.1) is 0 Å². The lowest BCUT2D eigenvalue weighted by Crippen LogP contribution is -2.44. The molecule has 0 radical (unpaired) electrons. The first-order valence-corrected chi connectivity index (χ1v) is 14.1. The van der Waals surface area contributed by atoms with E-state index in [0.717, 1.165) is 51.5 Å². The Bertz CT molecular complexity index is 1540. The fourth-order valence-corrected chi connectivity index (χ4v) is 5.93. The summed E-state index contributed by atoms with van der Waals surface area (Å²) in [5.74, 6) is 1.33. The summed E-state index contributed by atoms with van der Waals surface area (Å²) >= 11 is 0. The van der Waals surface area contributed by atoms with Crippen molar-refractivity contribution in [3.05, 3.63) is 83.7 Å². The van der Waals surface area contributed by atoms with E-state index in [1.165, 1.54) is 0 Å². The van der Waals surface area contributed by atoms with Gasteiger partial charge in [0.05, 0.1) is 36.5 Å². The maximum absolute atomic E-state index is 14.3. The Hall–Kier alpha value is -4.17. The van der Waals surface area contributed by atoms with E-state index in [1.807, 2.05) is 84.0 Å². The molecular formula is C33H38N4O4. The van der Waals surface area contributed by atoms with Gasteiger partial charge in [0.1, 0.15) is 18.1 Å². The van der Waals surface area contributed by atoms with Crippen molar-refractivity contribution >= 4 is 34.2 Å². The Labute approximate surface area is 241 Å². The van der Waals surface area contributed by atoms with Gasteiger partial charge in [-0.25, -0.2) is 4.98 Å². The molecule has 0 saturated carbocycles. The predicted molar refractivity (Wildman–Crippen MR) is 162 cm³/mol. The number of ether oxygens (including phenoxy) is 2. The van der Waals surface area contributed by atoms with Gasteiger partial charge >= 0.3 is 0 Å². The first kappa shape index (κ1) is 28.4. The van der Waals surface area contributed by atoms with E-state index in [2.05, 4.69) is 13.0 Å². The van der Waals surface area contributed by atoms with Crippen molar-refractivity contribution in [3.63, 3.8) is 0 Å². The normalized spacial score (nSPS) is 15.9. The van der Waals surface area contributed by atoms with Crippen LogP contribution < -0.4 is 14.5 Å². The molecule has 1 fully saturated rings. The topological polar surface area (TPSA) is 76.9 Å². The van der Waals surface area contributed by atoms with Crippen molar-refractivity contribution < 1.29 is 19.1 Å². The third kappa shape index (κ3) is 5.57. The molecule has 1 aromatic heterocycles. The Morgan fingerprint density at radius 2 is 1.83 bits per heavy atom. The van der Waals surface area contributed by atoms with Gasteiger partial charge in [-0.05, 0) is 67.8 Å². The Kier molecular flexibility index (Phi) is 8.40. The van der Waals surface area contributed by atoms with E-state index in [-0.39, 0.29) is 30.3 Å². The van der Waals surface area contributed by atoms with Crippen molar-refractivity contribution in [2.24, 2.45) is 0 Å². The zero-order valence-corrected chi connectivity index (χ0v) is 24.5. The van der Waals surface area contributed by atoms with Crippen molar-refractivity contribution in [2.75, 3.05) is 37.2 Å². The summed E-state index contributed by atoms with van der Waals surface area (Å²) < 4.78 is 12.8. The van der Waals surface area contributed by atoms with Gasteiger partial charge in [-0.1, -0.05) is 37.3 Å². The number of carbonyl (C=O) groups is 2. The highest BCUT2D eigenvalue weighted by molar-refractivity contribution is 5.98. The van der Waals surface area contributed by atoms with E-state index < -0.39 is 0 Å². The molecule has 214 valence electrons. The Morgan fingerprint density at radius 1 is 1.07 bits per heavy atom. The quantitative estimate of drug-likeness (QED) is 0.259. The molecule has 1 aliphatic heterocycles. The molecule has 2 heterocycles. The van der Waals surface area contributed by atoms with Crippen LogP contribution in [0.25, 0.3) is 11.0 Å². The average molecular weight is 555 g/mol. The summed E-state index contributed by atoms with van der Waals surface area (Å²) in [4.78, 5) is 36.1. The van der Waals surface area contributed by atoms with Gasteiger partial charge in [0.2, 0.25) is 11.8 Å². The zero-order valence-electron chi connectivity index (χ0n) is 24.5. The molecule has 0 bridgehead atoms. The van der Waals surface area contributed by atoms with Crippen LogP contribution >= 0.6 is 0 Å². The number of benzene rings is 3. The number of methoxy groups -OCH3 is 2. The third-order valence-corrected chi connectivity index (χ3v) is 7.91. The molecule has 1 saturated heterocycles. The largest absolute Gasteiger partial charge is 0.497 e. The standard InChI is InChI=1S/C33H38N4O4/c1-6-24-11-9-10-22(2)32(24)37(23(3)21-40-4)31(39)20-36-29-13-8-7-12-28(29)34-33(36)25-18-30(38)35(19-25)26-14-16-27(41-5)17-15-26/h7-17,23,25H,6,18-21H2,1-5H3/t23-,25-/m0/s1. The second kappa shape index (κ2) is 12.1. The van der Waals surface area contributed by atoms with E-state index in [0.29, 0.717) is 19.6 Å². The average Bonchev–Trinajstić information content (AvgIpc) is 3.54. The number of hydrogen-bond acceptors (Lipinski definition) is 5. The molecular weight excluding hydrogens is 516 g/mol. The van der Waals surface area contributed by atoms with Crippen LogP contribution in [0, 0.1) is 6.92 Å². The fourth-order valence-electron chi connectivity index (χ4n) is 5.93. The number of para-hydroxylation sites is 3. The van der Waals surface area contributed by atoms with Crippen LogP contribution in [-0.2, 0) is 27.3 Å². The Morgan fingerprint density at radius 3 is 2.54 bits per heavy atom. The van der Waals surface area contributed by atoms with E-state index in [1.54, 1.807) is 19.1 Å². The molecule has 2 amide bonds. The SMILES string of the molecule is CCc1cccc(C)c1N(C(=O)Cn1c([C@H]2CC(=O)N(c3ccc(OC)cc3)C2)nc2ccccc21)[C@@H](C)COC.